The topological polar surface area (TPSA) is 51.8 Å². The van der Waals surface area contributed by atoms with Gasteiger partial charge in [-0.05, 0) is 46.4 Å². The first-order valence-corrected chi connectivity index (χ1v) is 15.0. The van der Waals surface area contributed by atoms with Gasteiger partial charge in [0.15, 0.2) is 12.1 Å². The maximum absolute atomic E-state index is 16.9. The molecule has 2 bridgehead atoms. The third-order valence-electron chi connectivity index (χ3n) is 9.64. The van der Waals surface area contributed by atoms with Gasteiger partial charge in [-0.15, -0.1) is 0 Å². The Balaban J connectivity index is 1.82. The van der Waals surface area contributed by atoms with Crippen LogP contribution in [0.4, 0.5) is 8.78 Å². The smallest absolute Gasteiger partial charge is 0.187 e. The second kappa shape index (κ2) is 12.6. The summed E-state index contributed by atoms with van der Waals surface area (Å²) in [4.78, 5) is 11.3. The minimum atomic E-state index is -1.62. The molecule has 43 heavy (non-hydrogen) atoms. The third kappa shape index (κ3) is 5.39. The third-order valence-corrected chi connectivity index (χ3v) is 9.64. The molecule has 0 aliphatic carbocycles. The van der Waals surface area contributed by atoms with E-state index in [1.807, 2.05) is 116 Å². The van der Waals surface area contributed by atoms with Crippen LogP contribution in [0.15, 0.2) is 126 Å². The van der Waals surface area contributed by atoms with Gasteiger partial charge < -0.3 is 4.90 Å². The van der Waals surface area contributed by atoms with E-state index in [0.29, 0.717) is 5.70 Å². The molecule has 3 heterocycles. The van der Waals surface area contributed by atoms with Crippen molar-refractivity contribution in [1.82, 2.24) is 4.90 Å². The molecule has 222 valence electrons. The van der Waals surface area contributed by atoms with Gasteiger partial charge in [-0.1, -0.05) is 125 Å². The second-order valence-corrected chi connectivity index (χ2v) is 11.9. The molecule has 0 aromatic heterocycles. The van der Waals surface area contributed by atoms with E-state index in [9.17, 15) is 0 Å². The number of halogens is 2. The van der Waals surface area contributed by atoms with Crippen LogP contribution in [0.2, 0.25) is 0 Å². The monoisotopic (exact) mass is 578 g/mol. The summed E-state index contributed by atoms with van der Waals surface area (Å²) in [5, 5.41) is 8.09. The first-order chi connectivity index (χ1) is 20.7. The Labute approximate surface area is 254 Å². The zero-order valence-corrected chi connectivity index (χ0v) is 25.2. The highest BCUT2D eigenvalue weighted by Gasteiger charge is 2.54. The second-order valence-electron chi connectivity index (χ2n) is 11.9. The molecule has 1 N–H and O–H groups in total. The van der Waals surface area contributed by atoms with Crippen LogP contribution in [-0.4, -0.2) is 35.1 Å². The molecule has 3 aliphatic rings. The standard InChI is InChI=1S/C37H40F2N4/c1-24-23-41-22-21-25(2)43(36-33(38)34(42-36)32(35(39)40)28(5)27(4)26(24)3)37(29-15-9-6-10-16-29,30-17-11-7-12-18-30)31-19-13-8-14-20-31/h6-24,26-28,32-34,40H,2H2,1,3-5H3/b22-21-,40-35?,41-23?/t24-,26-,27-,28-,32-,33?,34-/m1/s1. The normalized spacial score (nSPS) is 28.8. The number of alkyl halides is 1. The van der Waals surface area contributed by atoms with E-state index in [0.717, 1.165) is 16.7 Å². The highest BCUT2D eigenvalue weighted by atomic mass is 19.1. The number of amidine groups is 1. The Morgan fingerprint density at radius 1 is 0.791 bits per heavy atom. The zero-order valence-electron chi connectivity index (χ0n) is 25.2. The van der Waals surface area contributed by atoms with Crippen molar-refractivity contribution in [3.63, 3.8) is 0 Å². The van der Waals surface area contributed by atoms with Crippen LogP contribution < -0.4 is 0 Å². The van der Waals surface area contributed by atoms with E-state index in [1.165, 1.54) is 0 Å². The Morgan fingerprint density at radius 2 is 1.28 bits per heavy atom. The summed E-state index contributed by atoms with van der Waals surface area (Å²) in [6.07, 6.45) is 3.77. The number of aliphatic imine (C=N–C) groups is 2. The fraction of sp³-hybridized carbons (Fsp3) is 0.324. The van der Waals surface area contributed by atoms with Gasteiger partial charge in [0.2, 0.25) is 0 Å². The maximum Gasteiger partial charge on any atom is 0.187 e. The summed E-state index contributed by atoms with van der Waals surface area (Å²) in [5.41, 5.74) is 2.09. The predicted molar refractivity (Wildman–Crippen MR) is 173 cm³/mol. The van der Waals surface area contributed by atoms with Crippen LogP contribution in [0.3, 0.4) is 0 Å². The largest absolute Gasteiger partial charge is 0.310 e. The van der Waals surface area contributed by atoms with Crippen molar-refractivity contribution in [3.8, 4) is 0 Å². The number of hydrogen-bond acceptors (Lipinski definition) is 4. The van der Waals surface area contributed by atoms with Crippen LogP contribution in [-0.2, 0) is 5.54 Å². The molecule has 3 aromatic rings. The van der Waals surface area contributed by atoms with Crippen LogP contribution >= 0.6 is 0 Å². The summed E-state index contributed by atoms with van der Waals surface area (Å²) in [6.45, 7) is 12.6. The fourth-order valence-electron chi connectivity index (χ4n) is 6.76. The predicted octanol–water partition coefficient (Wildman–Crippen LogP) is 8.62. The van der Waals surface area contributed by atoms with E-state index in [-0.39, 0.29) is 29.5 Å². The minimum Gasteiger partial charge on any atom is -0.310 e. The molecule has 3 aromatic carbocycles. The molecule has 6 rings (SSSR count). The van der Waals surface area contributed by atoms with Gasteiger partial charge in [0.1, 0.15) is 17.4 Å². The molecule has 0 amide bonds. The maximum atomic E-state index is 16.9. The van der Waals surface area contributed by atoms with E-state index >= 15 is 8.78 Å². The number of fused-ring (bicyclic) bond motifs is 8. The summed E-state index contributed by atoms with van der Waals surface area (Å²) in [5.74, 6) is -1.93. The lowest BCUT2D eigenvalue weighted by Gasteiger charge is -2.51. The highest BCUT2D eigenvalue weighted by molar-refractivity contribution is 5.97. The van der Waals surface area contributed by atoms with Crippen molar-refractivity contribution >= 4 is 18.0 Å². The van der Waals surface area contributed by atoms with E-state index in [2.05, 4.69) is 25.4 Å². The average Bonchev–Trinajstić information content (AvgIpc) is 3.03. The van der Waals surface area contributed by atoms with Crippen molar-refractivity contribution in [3.05, 3.63) is 132 Å². The van der Waals surface area contributed by atoms with Gasteiger partial charge in [-0.25, -0.2) is 4.39 Å². The number of benzene rings is 3. The molecule has 6 heteroatoms. The molecule has 3 aliphatic heterocycles. The van der Waals surface area contributed by atoms with E-state index in [1.54, 1.807) is 12.3 Å². The zero-order chi connectivity index (χ0) is 30.7. The molecular weight excluding hydrogens is 538 g/mol. The number of allylic oxidation sites excluding steroid dienone is 1. The van der Waals surface area contributed by atoms with Crippen molar-refractivity contribution in [2.24, 2.45) is 39.6 Å². The molecule has 0 saturated carbocycles. The molecular formula is C37H40F2N4. The van der Waals surface area contributed by atoms with Gasteiger partial charge in [-0.3, -0.25) is 15.4 Å². The Hall–Kier alpha value is -4.19. The van der Waals surface area contributed by atoms with Gasteiger partial charge in [0.25, 0.3) is 0 Å². The van der Waals surface area contributed by atoms with Crippen molar-refractivity contribution < 1.29 is 8.78 Å². The molecule has 7 atom stereocenters. The van der Waals surface area contributed by atoms with Gasteiger partial charge in [-0.2, -0.15) is 4.39 Å². The van der Waals surface area contributed by atoms with Gasteiger partial charge in [0, 0.05) is 18.1 Å². The lowest BCUT2D eigenvalue weighted by atomic mass is 9.69. The quantitative estimate of drug-likeness (QED) is 0.239. The molecule has 4 nitrogen and oxygen atoms in total. The average molecular weight is 579 g/mol. The number of nitrogens with zero attached hydrogens (tertiary/aromatic N) is 3. The van der Waals surface area contributed by atoms with E-state index < -0.39 is 29.6 Å². The summed E-state index contributed by atoms with van der Waals surface area (Å²) in [7, 11) is 0. The van der Waals surface area contributed by atoms with Crippen LogP contribution in [0.1, 0.15) is 44.4 Å². The van der Waals surface area contributed by atoms with Crippen molar-refractivity contribution in [2.45, 2.75) is 45.4 Å². The van der Waals surface area contributed by atoms with Crippen LogP contribution in [0.25, 0.3) is 0 Å². The van der Waals surface area contributed by atoms with Crippen molar-refractivity contribution in [2.75, 3.05) is 0 Å². The fourth-order valence-corrected chi connectivity index (χ4v) is 6.76. The summed E-state index contributed by atoms with van der Waals surface area (Å²) >= 11 is 0. The summed E-state index contributed by atoms with van der Waals surface area (Å²) < 4.78 is 31.9. The molecule has 0 radical (unpaired) electrons. The van der Waals surface area contributed by atoms with Crippen LogP contribution in [0.5, 0.6) is 0 Å². The number of nitrogens with one attached hydrogen (secondary N) is 1. The first-order valence-electron chi connectivity index (χ1n) is 15.0. The lowest BCUT2D eigenvalue weighted by molar-refractivity contribution is 0.151. The molecule has 0 fully saturated rings. The molecule has 1 unspecified atom stereocenters. The summed E-state index contributed by atoms with van der Waals surface area (Å²) in [6, 6.07) is 28.8. The van der Waals surface area contributed by atoms with Gasteiger partial charge >= 0.3 is 0 Å². The van der Waals surface area contributed by atoms with Gasteiger partial charge in [0.05, 0.1) is 5.92 Å². The Bertz CT molecular complexity index is 1420. The van der Waals surface area contributed by atoms with Crippen molar-refractivity contribution in [1.29, 1.82) is 5.41 Å². The first kappa shape index (κ1) is 30.3. The lowest BCUT2D eigenvalue weighted by Crippen LogP contribution is -2.61. The number of rotatable bonds is 5. The highest BCUT2D eigenvalue weighted by Crippen LogP contribution is 2.48. The molecule has 0 spiro atoms. The van der Waals surface area contributed by atoms with E-state index in [4.69, 9.17) is 10.4 Å². The number of hydrogen-bond donors (Lipinski definition) is 1. The Morgan fingerprint density at radius 3 is 1.72 bits per heavy atom. The minimum absolute atomic E-state index is 0.00374. The van der Waals surface area contributed by atoms with Crippen LogP contribution in [0, 0.1) is 35.0 Å². The Kier molecular flexibility index (Phi) is 8.86. The molecule has 0 saturated heterocycles. The SMILES string of the molecule is C=C1/C=C\N=C[C@@H](C)[C@@H](C)[C@@H](C)[C@@H](C)[C@@H](C(=N)F)[C@H]2N=C(C2F)N1C(c1ccccc1)(c1ccccc1)c1ccccc1.